The average molecular weight is 282 g/mol. The van der Waals surface area contributed by atoms with E-state index in [9.17, 15) is 9.90 Å². The average Bonchev–Trinajstić information content (AvgIpc) is 2.90. The van der Waals surface area contributed by atoms with Gasteiger partial charge in [-0.2, -0.15) is 0 Å². The number of nitrogens with one attached hydrogen (secondary N) is 2. The van der Waals surface area contributed by atoms with Gasteiger partial charge in [0.05, 0.1) is 22.8 Å². The first kappa shape index (κ1) is 13.1. The molecule has 1 amide bonds. The quantitative estimate of drug-likeness (QED) is 0.678. The number of aromatic amines is 1. The van der Waals surface area contributed by atoms with Crippen LogP contribution in [0.2, 0.25) is 0 Å². The highest BCUT2D eigenvalue weighted by Crippen LogP contribution is 2.13. The maximum absolute atomic E-state index is 11.9. The molecule has 0 spiro atoms. The number of benzene rings is 1. The maximum Gasteiger partial charge on any atom is 0.255 e. The number of fused-ring (bicyclic) bond motifs is 1. The van der Waals surface area contributed by atoms with Gasteiger partial charge in [-0.15, -0.1) is 0 Å². The molecule has 3 rings (SSSR count). The van der Waals surface area contributed by atoms with E-state index in [4.69, 9.17) is 0 Å². The second-order valence-corrected chi connectivity index (χ2v) is 4.60. The van der Waals surface area contributed by atoms with Gasteiger partial charge in [0.2, 0.25) is 0 Å². The predicted molar refractivity (Wildman–Crippen MR) is 78.0 cm³/mol. The van der Waals surface area contributed by atoms with Gasteiger partial charge in [-0.1, -0.05) is 12.1 Å². The van der Waals surface area contributed by atoms with Crippen LogP contribution in [0.25, 0.3) is 11.0 Å². The molecule has 1 aromatic carbocycles. The maximum atomic E-state index is 11.9. The van der Waals surface area contributed by atoms with E-state index in [-0.39, 0.29) is 17.2 Å². The van der Waals surface area contributed by atoms with Gasteiger partial charge in [0.1, 0.15) is 11.6 Å². The number of para-hydroxylation sites is 2. The molecule has 6 heteroatoms. The van der Waals surface area contributed by atoms with Crippen molar-refractivity contribution >= 4 is 16.9 Å². The van der Waals surface area contributed by atoms with Crippen molar-refractivity contribution in [3.8, 4) is 5.75 Å². The van der Waals surface area contributed by atoms with Crippen molar-refractivity contribution in [3.63, 3.8) is 0 Å². The Morgan fingerprint density at radius 3 is 2.95 bits per heavy atom. The first-order valence-corrected chi connectivity index (χ1v) is 6.59. The Morgan fingerprint density at radius 1 is 1.29 bits per heavy atom. The van der Waals surface area contributed by atoms with Crippen LogP contribution in [0.15, 0.2) is 42.7 Å². The molecule has 0 saturated carbocycles. The molecule has 6 nitrogen and oxygen atoms in total. The smallest absolute Gasteiger partial charge is 0.255 e. The van der Waals surface area contributed by atoms with Crippen LogP contribution in [0.5, 0.6) is 5.75 Å². The van der Waals surface area contributed by atoms with Gasteiger partial charge in [0.25, 0.3) is 5.91 Å². The lowest BCUT2D eigenvalue weighted by Crippen LogP contribution is -2.26. The summed E-state index contributed by atoms with van der Waals surface area (Å²) in [5.74, 6) is 0.361. The predicted octanol–water partition coefficient (Wildman–Crippen LogP) is 1.64. The van der Waals surface area contributed by atoms with E-state index in [1.54, 1.807) is 0 Å². The summed E-state index contributed by atoms with van der Waals surface area (Å²) in [7, 11) is 0. The Bertz CT molecular complexity index is 749. The highest BCUT2D eigenvalue weighted by molar-refractivity contribution is 5.96. The standard InChI is InChI=1S/C15H14N4O2/c20-13-9-16-7-5-10(13)15(21)17-8-6-14-18-11-3-1-2-4-12(11)19-14/h1-5,7,9,20H,6,8H2,(H,17,21)(H,18,19). The summed E-state index contributed by atoms with van der Waals surface area (Å²) >= 11 is 0. The van der Waals surface area contributed by atoms with Crippen LogP contribution in [-0.4, -0.2) is 32.5 Å². The van der Waals surface area contributed by atoms with Crippen LogP contribution in [0.4, 0.5) is 0 Å². The summed E-state index contributed by atoms with van der Waals surface area (Å²) in [5, 5.41) is 12.3. The normalized spacial score (nSPS) is 10.7. The lowest BCUT2D eigenvalue weighted by atomic mass is 10.2. The summed E-state index contributed by atoms with van der Waals surface area (Å²) in [6, 6.07) is 9.24. The van der Waals surface area contributed by atoms with Gasteiger partial charge < -0.3 is 15.4 Å². The van der Waals surface area contributed by atoms with E-state index >= 15 is 0 Å². The van der Waals surface area contributed by atoms with Crippen LogP contribution in [0.1, 0.15) is 16.2 Å². The fourth-order valence-electron chi connectivity index (χ4n) is 2.09. The number of rotatable bonds is 4. The molecule has 3 aromatic rings. The molecule has 21 heavy (non-hydrogen) atoms. The largest absolute Gasteiger partial charge is 0.505 e. The first-order chi connectivity index (χ1) is 10.2. The summed E-state index contributed by atoms with van der Waals surface area (Å²) in [5.41, 5.74) is 2.10. The SMILES string of the molecule is O=C(NCCc1nc2ccccc2[nH]1)c1ccncc1O. The van der Waals surface area contributed by atoms with Gasteiger partial charge in [0.15, 0.2) is 0 Å². The van der Waals surface area contributed by atoms with Crippen molar-refractivity contribution in [2.24, 2.45) is 0 Å². The van der Waals surface area contributed by atoms with Crippen molar-refractivity contribution in [1.29, 1.82) is 0 Å². The van der Waals surface area contributed by atoms with Crippen molar-refractivity contribution in [1.82, 2.24) is 20.3 Å². The van der Waals surface area contributed by atoms with Crippen LogP contribution < -0.4 is 5.32 Å². The molecule has 3 N–H and O–H groups in total. The number of hydrogen-bond acceptors (Lipinski definition) is 4. The van der Waals surface area contributed by atoms with Crippen LogP contribution in [0, 0.1) is 0 Å². The fourth-order valence-corrected chi connectivity index (χ4v) is 2.09. The Balaban J connectivity index is 1.61. The third kappa shape index (κ3) is 2.84. The van der Waals surface area contributed by atoms with Crippen LogP contribution >= 0.6 is 0 Å². The van der Waals surface area contributed by atoms with Gasteiger partial charge in [0, 0.05) is 19.2 Å². The minimum Gasteiger partial charge on any atom is -0.505 e. The summed E-state index contributed by atoms with van der Waals surface area (Å²) in [6.07, 6.45) is 3.30. The number of aromatic nitrogens is 3. The minimum absolute atomic E-state index is 0.126. The number of nitrogens with zero attached hydrogens (tertiary/aromatic N) is 2. The lowest BCUT2D eigenvalue weighted by molar-refractivity contribution is 0.0951. The fraction of sp³-hybridized carbons (Fsp3) is 0.133. The zero-order valence-corrected chi connectivity index (χ0v) is 11.2. The number of pyridine rings is 1. The highest BCUT2D eigenvalue weighted by Gasteiger charge is 2.10. The highest BCUT2D eigenvalue weighted by atomic mass is 16.3. The van der Waals surface area contributed by atoms with Crippen molar-refractivity contribution in [2.75, 3.05) is 6.54 Å². The lowest BCUT2D eigenvalue weighted by Gasteiger charge is -2.05. The molecule has 0 bridgehead atoms. The number of carbonyl (C=O) groups excluding carboxylic acids is 1. The molecule has 106 valence electrons. The third-order valence-electron chi connectivity index (χ3n) is 3.13. The molecule has 2 heterocycles. The summed E-state index contributed by atoms with van der Waals surface area (Å²) in [6.45, 7) is 0.431. The molecule has 0 saturated heterocycles. The number of aromatic hydroxyl groups is 1. The van der Waals surface area contributed by atoms with Crippen molar-refractivity contribution in [3.05, 3.63) is 54.1 Å². The zero-order chi connectivity index (χ0) is 14.7. The molecule has 0 atom stereocenters. The molecular formula is C15H14N4O2. The van der Waals surface area contributed by atoms with E-state index in [2.05, 4.69) is 20.3 Å². The Morgan fingerprint density at radius 2 is 2.14 bits per heavy atom. The first-order valence-electron chi connectivity index (χ1n) is 6.59. The van der Waals surface area contributed by atoms with Gasteiger partial charge in [-0.05, 0) is 18.2 Å². The van der Waals surface area contributed by atoms with Gasteiger partial charge >= 0.3 is 0 Å². The van der Waals surface area contributed by atoms with Crippen molar-refractivity contribution < 1.29 is 9.90 Å². The van der Waals surface area contributed by atoms with E-state index in [0.717, 1.165) is 16.9 Å². The molecule has 0 aliphatic rings. The van der Waals surface area contributed by atoms with E-state index in [1.807, 2.05) is 24.3 Å². The Labute approximate surface area is 120 Å². The molecule has 0 fully saturated rings. The zero-order valence-electron chi connectivity index (χ0n) is 11.2. The van der Waals surface area contributed by atoms with Crippen LogP contribution in [0.3, 0.4) is 0 Å². The number of imidazole rings is 1. The van der Waals surface area contributed by atoms with E-state index in [1.165, 1.54) is 18.5 Å². The molecule has 0 unspecified atom stereocenters. The van der Waals surface area contributed by atoms with Crippen molar-refractivity contribution in [2.45, 2.75) is 6.42 Å². The van der Waals surface area contributed by atoms with Crippen LogP contribution in [-0.2, 0) is 6.42 Å². The Kier molecular flexibility index (Phi) is 3.51. The Hall–Kier alpha value is -2.89. The molecule has 0 radical (unpaired) electrons. The molecular weight excluding hydrogens is 268 g/mol. The van der Waals surface area contributed by atoms with E-state index in [0.29, 0.717) is 13.0 Å². The monoisotopic (exact) mass is 282 g/mol. The minimum atomic E-state index is -0.328. The van der Waals surface area contributed by atoms with E-state index < -0.39 is 0 Å². The number of H-pyrrole nitrogens is 1. The molecule has 2 aromatic heterocycles. The molecule has 0 aliphatic heterocycles. The molecule has 0 aliphatic carbocycles. The number of carbonyl (C=O) groups is 1. The third-order valence-corrected chi connectivity index (χ3v) is 3.13. The second-order valence-electron chi connectivity index (χ2n) is 4.60. The van der Waals surface area contributed by atoms with Gasteiger partial charge in [-0.25, -0.2) is 4.98 Å². The summed E-state index contributed by atoms with van der Waals surface area (Å²) < 4.78 is 0. The van der Waals surface area contributed by atoms with Gasteiger partial charge in [-0.3, -0.25) is 9.78 Å². The summed E-state index contributed by atoms with van der Waals surface area (Å²) in [4.78, 5) is 23.3. The topological polar surface area (TPSA) is 90.9 Å². The number of hydrogen-bond donors (Lipinski definition) is 3. The second kappa shape index (κ2) is 5.62. The number of amides is 1.